The van der Waals surface area contributed by atoms with Crippen LogP contribution in [0.5, 0.6) is 0 Å². The highest BCUT2D eigenvalue weighted by molar-refractivity contribution is 7.89. The molecule has 1 amide bonds. The maximum Gasteiger partial charge on any atom is 0.273 e. The monoisotopic (exact) mass is 295 g/mol. The average molecular weight is 295 g/mol. The first-order chi connectivity index (χ1) is 9.38. The SMILES string of the molecule is CC(NC(=O)c1cn[nH]n1)c1ccc(S(N)(=O)=O)cc1. The van der Waals surface area contributed by atoms with Crippen LogP contribution < -0.4 is 10.5 Å². The van der Waals surface area contributed by atoms with E-state index in [2.05, 4.69) is 20.7 Å². The molecule has 0 aliphatic carbocycles. The minimum absolute atomic E-state index is 0.0243. The quantitative estimate of drug-likeness (QED) is 0.727. The number of nitrogens with one attached hydrogen (secondary N) is 2. The van der Waals surface area contributed by atoms with Gasteiger partial charge in [0, 0.05) is 0 Å². The Morgan fingerprint density at radius 1 is 1.35 bits per heavy atom. The Labute approximate surface area is 115 Å². The van der Waals surface area contributed by atoms with Crippen molar-refractivity contribution in [3.63, 3.8) is 0 Å². The van der Waals surface area contributed by atoms with Crippen LogP contribution in [0.4, 0.5) is 0 Å². The zero-order chi connectivity index (χ0) is 14.8. The summed E-state index contributed by atoms with van der Waals surface area (Å²) in [6, 6.07) is 5.65. The van der Waals surface area contributed by atoms with Crippen molar-refractivity contribution in [1.29, 1.82) is 0 Å². The van der Waals surface area contributed by atoms with Gasteiger partial charge in [-0.15, -0.1) is 0 Å². The summed E-state index contributed by atoms with van der Waals surface area (Å²) in [4.78, 5) is 11.8. The van der Waals surface area contributed by atoms with E-state index in [0.717, 1.165) is 5.56 Å². The van der Waals surface area contributed by atoms with Crippen molar-refractivity contribution in [2.75, 3.05) is 0 Å². The van der Waals surface area contributed by atoms with Gasteiger partial charge in [-0.3, -0.25) is 4.79 Å². The van der Waals surface area contributed by atoms with Crippen LogP contribution in [0, 0.1) is 0 Å². The van der Waals surface area contributed by atoms with Crippen molar-refractivity contribution in [2.45, 2.75) is 17.9 Å². The molecule has 0 radical (unpaired) electrons. The number of sulfonamides is 1. The van der Waals surface area contributed by atoms with Crippen LogP contribution in [0.3, 0.4) is 0 Å². The van der Waals surface area contributed by atoms with Crippen LogP contribution in [0.15, 0.2) is 35.4 Å². The molecule has 9 heteroatoms. The van der Waals surface area contributed by atoms with Crippen molar-refractivity contribution in [2.24, 2.45) is 5.14 Å². The summed E-state index contributed by atoms with van der Waals surface area (Å²) in [6.07, 6.45) is 1.31. The summed E-state index contributed by atoms with van der Waals surface area (Å²) < 4.78 is 22.3. The molecule has 0 fully saturated rings. The molecule has 0 spiro atoms. The molecule has 106 valence electrons. The summed E-state index contributed by atoms with van der Waals surface area (Å²) >= 11 is 0. The van der Waals surface area contributed by atoms with E-state index in [1.807, 2.05) is 0 Å². The van der Waals surface area contributed by atoms with Gasteiger partial charge in [0.05, 0.1) is 17.1 Å². The molecule has 0 aliphatic rings. The third-order valence-corrected chi connectivity index (χ3v) is 3.63. The molecule has 0 aliphatic heterocycles. The highest BCUT2D eigenvalue weighted by atomic mass is 32.2. The number of primary sulfonamides is 1. The van der Waals surface area contributed by atoms with Gasteiger partial charge in [0.2, 0.25) is 10.0 Å². The molecular formula is C11H13N5O3S. The second-order valence-corrected chi connectivity index (χ2v) is 5.73. The van der Waals surface area contributed by atoms with E-state index < -0.39 is 10.0 Å². The van der Waals surface area contributed by atoms with E-state index >= 15 is 0 Å². The number of aromatic nitrogens is 3. The third kappa shape index (κ3) is 3.19. The van der Waals surface area contributed by atoms with Crippen LogP contribution >= 0.6 is 0 Å². The molecule has 1 aromatic carbocycles. The number of benzene rings is 1. The Morgan fingerprint density at radius 2 is 2.00 bits per heavy atom. The standard InChI is InChI=1S/C11H13N5O3S/c1-7(14-11(17)10-6-13-16-15-10)8-2-4-9(5-3-8)20(12,18)19/h2-7H,1H3,(H,14,17)(H2,12,18,19)(H,13,15,16). The first kappa shape index (κ1) is 14.2. The molecule has 2 rings (SSSR count). The van der Waals surface area contributed by atoms with Gasteiger partial charge in [0.15, 0.2) is 5.69 Å². The number of hydrogen-bond donors (Lipinski definition) is 3. The highest BCUT2D eigenvalue weighted by Crippen LogP contribution is 2.15. The van der Waals surface area contributed by atoms with E-state index in [9.17, 15) is 13.2 Å². The van der Waals surface area contributed by atoms with E-state index in [1.165, 1.54) is 18.3 Å². The molecule has 1 aromatic heterocycles. The Morgan fingerprint density at radius 3 is 2.50 bits per heavy atom. The number of carbonyl (C=O) groups is 1. The Kier molecular flexibility index (Phi) is 3.81. The van der Waals surface area contributed by atoms with Gasteiger partial charge in [-0.2, -0.15) is 15.4 Å². The minimum atomic E-state index is -3.71. The predicted molar refractivity (Wildman–Crippen MR) is 70.1 cm³/mol. The van der Waals surface area contributed by atoms with Gasteiger partial charge < -0.3 is 5.32 Å². The Hall–Kier alpha value is -2.26. The van der Waals surface area contributed by atoms with Gasteiger partial charge in [0.25, 0.3) is 5.91 Å². The second-order valence-electron chi connectivity index (χ2n) is 4.16. The number of H-pyrrole nitrogens is 1. The van der Waals surface area contributed by atoms with E-state index in [-0.39, 0.29) is 22.5 Å². The van der Waals surface area contributed by atoms with Gasteiger partial charge in [0.1, 0.15) is 0 Å². The maximum absolute atomic E-state index is 11.8. The van der Waals surface area contributed by atoms with Crippen molar-refractivity contribution in [3.05, 3.63) is 41.7 Å². The summed E-state index contributed by atoms with van der Waals surface area (Å²) in [7, 11) is -3.71. The highest BCUT2D eigenvalue weighted by Gasteiger charge is 2.14. The number of rotatable bonds is 4. The first-order valence-electron chi connectivity index (χ1n) is 5.67. The lowest BCUT2D eigenvalue weighted by Crippen LogP contribution is -2.27. The average Bonchev–Trinajstić information content (AvgIpc) is 2.91. The summed E-state index contributed by atoms with van der Waals surface area (Å²) in [5, 5.41) is 17.3. The fourth-order valence-electron chi connectivity index (χ4n) is 1.61. The molecule has 4 N–H and O–H groups in total. The molecular weight excluding hydrogens is 282 g/mol. The van der Waals surface area contributed by atoms with Gasteiger partial charge in [-0.1, -0.05) is 12.1 Å². The maximum atomic E-state index is 11.8. The minimum Gasteiger partial charge on any atom is -0.344 e. The topological polar surface area (TPSA) is 131 Å². The van der Waals surface area contributed by atoms with Gasteiger partial charge >= 0.3 is 0 Å². The lowest BCUT2D eigenvalue weighted by atomic mass is 10.1. The number of hydrogen-bond acceptors (Lipinski definition) is 5. The van der Waals surface area contributed by atoms with Crippen LogP contribution in [-0.2, 0) is 10.0 Å². The largest absolute Gasteiger partial charge is 0.344 e. The summed E-state index contributed by atoms with van der Waals surface area (Å²) in [5.41, 5.74) is 0.923. The first-order valence-corrected chi connectivity index (χ1v) is 7.22. The van der Waals surface area contributed by atoms with Crippen LogP contribution in [0.25, 0.3) is 0 Å². The molecule has 1 unspecified atom stereocenters. The van der Waals surface area contributed by atoms with E-state index in [0.29, 0.717) is 0 Å². The molecule has 20 heavy (non-hydrogen) atoms. The number of nitrogens with two attached hydrogens (primary N) is 1. The molecule has 1 heterocycles. The van der Waals surface area contributed by atoms with Gasteiger partial charge in [-0.05, 0) is 24.6 Å². The number of aromatic amines is 1. The second kappa shape index (κ2) is 5.39. The molecule has 0 saturated carbocycles. The van der Waals surface area contributed by atoms with Crippen molar-refractivity contribution >= 4 is 15.9 Å². The summed E-state index contributed by atoms with van der Waals surface area (Å²) in [5.74, 6) is -0.373. The van der Waals surface area contributed by atoms with E-state index in [1.54, 1.807) is 19.1 Å². The number of carbonyl (C=O) groups excluding carboxylic acids is 1. The van der Waals surface area contributed by atoms with Crippen molar-refractivity contribution in [1.82, 2.24) is 20.7 Å². The normalized spacial score (nSPS) is 12.9. The third-order valence-electron chi connectivity index (χ3n) is 2.70. The number of nitrogens with zero attached hydrogens (tertiary/aromatic N) is 2. The predicted octanol–water partition coefficient (Wildman–Crippen LogP) is -0.0569. The van der Waals surface area contributed by atoms with E-state index in [4.69, 9.17) is 5.14 Å². The molecule has 0 saturated heterocycles. The smallest absolute Gasteiger partial charge is 0.273 e. The summed E-state index contributed by atoms with van der Waals surface area (Å²) in [6.45, 7) is 1.77. The zero-order valence-electron chi connectivity index (χ0n) is 10.6. The molecule has 8 nitrogen and oxygen atoms in total. The molecule has 1 atom stereocenters. The van der Waals surface area contributed by atoms with Crippen LogP contribution in [-0.4, -0.2) is 29.7 Å². The molecule has 2 aromatic rings. The Balaban J connectivity index is 2.10. The lowest BCUT2D eigenvalue weighted by molar-refractivity contribution is 0.0934. The van der Waals surface area contributed by atoms with Gasteiger partial charge in [-0.25, -0.2) is 13.6 Å². The van der Waals surface area contributed by atoms with Crippen LogP contribution in [0.1, 0.15) is 29.0 Å². The lowest BCUT2D eigenvalue weighted by Gasteiger charge is -2.13. The van der Waals surface area contributed by atoms with Crippen molar-refractivity contribution < 1.29 is 13.2 Å². The number of amides is 1. The fourth-order valence-corrected chi connectivity index (χ4v) is 2.13. The Bertz CT molecular complexity index is 694. The van der Waals surface area contributed by atoms with Crippen molar-refractivity contribution in [3.8, 4) is 0 Å². The fraction of sp³-hybridized carbons (Fsp3) is 0.182. The molecule has 0 bridgehead atoms. The zero-order valence-corrected chi connectivity index (χ0v) is 11.4. The van der Waals surface area contributed by atoms with Crippen LogP contribution in [0.2, 0.25) is 0 Å².